The van der Waals surface area contributed by atoms with Crippen LogP contribution in [0.25, 0.3) is 0 Å². The number of rotatable bonds is 6. The van der Waals surface area contributed by atoms with E-state index >= 15 is 0 Å². The maximum absolute atomic E-state index is 12.2. The highest BCUT2D eigenvalue weighted by molar-refractivity contribution is 7.47. The number of hydrogen-bond acceptors (Lipinski definition) is 8. The molecule has 0 bridgehead atoms. The van der Waals surface area contributed by atoms with Gasteiger partial charge in [-0.1, -0.05) is 20.8 Å². The Hall–Kier alpha value is -1.29. The summed E-state index contributed by atoms with van der Waals surface area (Å²) in [6, 6.07) is 1.39. The number of nitrogens with two attached hydrogens (primary N) is 1. The Balaban J connectivity index is 2.33. The molecular formula is C16H28N3O7P. The largest absolute Gasteiger partial charge is 0.472 e. The van der Waals surface area contributed by atoms with Crippen LogP contribution in [-0.2, 0) is 18.3 Å². The van der Waals surface area contributed by atoms with Crippen LogP contribution in [-0.4, -0.2) is 44.0 Å². The van der Waals surface area contributed by atoms with E-state index in [-0.39, 0.29) is 11.2 Å². The van der Waals surface area contributed by atoms with Gasteiger partial charge in [-0.3, -0.25) is 13.6 Å². The van der Waals surface area contributed by atoms with E-state index in [1.165, 1.54) is 12.3 Å². The van der Waals surface area contributed by atoms with E-state index < -0.39 is 44.2 Å². The van der Waals surface area contributed by atoms with Crippen molar-refractivity contribution in [3.8, 4) is 0 Å². The highest BCUT2D eigenvalue weighted by Crippen LogP contribution is 2.50. The van der Waals surface area contributed by atoms with Gasteiger partial charge in [-0.25, -0.2) is 9.36 Å². The van der Waals surface area contributed by atoms with Crippen LogP contribution in [0.2, 0.25) is 0 Å². The quantitative estimate of drug-likeness (QED) is 0.598. The number of aromatic nitrogens is 2. The van der Waals surface area contributed by atoms with Crippen molar-refractivity contribution in [2.45, 2.75) is 71.7 Å². The fraction of sp³-hybridized carbons (Fsp3) is 0.750. The van der Waals surface area contributed by atoms with Gasteiger partial charge in [-0.05, 0) is 31.7 Å². The molecule has 0 amide bonds. The summed E-state index contributed by atoms with van der Waals surface area (Å²) in [7, 11) is -4.44. The Labute approximate surface area is 157 Å². The van der Waals surface area contributed by atoms with Crippen LogP contribution in [0.3, 0.4) is 0 Å². The lowest BCUT2D eigenvalue weighted by Crippen LogP contribution is -2.37. The minimum absolute atomic E-state index is 0.0352. The molecule has 2 heterocycles. The van der Waals surface area contributed by atoms with E-state index in [2.05, 4.69) is 4.98 Å². The standard InChI is InChI=1S/C16H28N3O7P/c1-9(2)25-27(22,23)26-13-10(8-16(3,4)5)24-14(12(13)20)19-7-6-11(17)18-15(19)21/h6-7,9-10,12-14,20H,8H2,1-5H3,(H,22,23)(H2,17,18,21)/t10-,12?,13?,14-/m1/s1. The third kappa shape index (κ3) is 5.84. The zero-order valence-electron chi connectivity index (χ0n) is 16.1. The third-order valence-electron chi connectivity index (χ3n) is 3.85. The number of hydrogen-bond donors (Lipinski definition) is 3. The number of aliphatic hydroxyl groups is 1. The van der Waals surface area contributed by atoms with E-state index in [1.54, 1.807) is 13.8 Å². The number of aliphatic hydroxyl groups excluding tert-OH is 1. The molecule has 0 saturated carbocycles. The van der Waals surface area contributed by atoms with Gasteiger partial charge in [0.25, 0.3) is 0 Å². The molecular weight excluding hydrogens is 377 g/mol. The molecule has 1 aliphatic rings. The Kier molecular flexibility index (Phi) is 6.51. The van der Waals surface area contributed by atoms with Gasteiger partial charge in [0.1, 0.15) is 18.0 Å². The van der Waals surface area contributed by atoms with Crippen LogP contribution in [0.4, 0.5) is 5.82 Å². The summed E-state index contributed by atoms with van der Waals surface area (Å²) in [6.45, 7) is 9.03. The molecule has 27 heavy (non-hydrogen) atoms. The summed E-state index contributed by atoms with van der Waals surface area (Å²) >= 11 is 0. The molecule has 5 atom stereocenters. The number of nitrogen functional groups attached to an aromatic ring is 1. The van der Waals surface area contributed by atoms with Crippen molar-refractivity contribution >= 4 is 13.6 Å². The number of phosphoric ester groups is 1. The SMILES string of the molecule is CC(C)OP(=O)(O)OC1C(O)[C@H](n2ccc(N)nc2=O)O[C@@H]1CC(C)(C)C. The predicted octanol–water partition coefficient (Wildman–Crippen LogP) is 1.43. The summed E-state index contributed by atoms with van der Waals surface area (Å²) in [4.78, 5) is 25.7. The van der Waals surface area contributed by atoms with Gasteiger partial charge in [0.2, 0.25) is 0 Å². The zero-order chi connectivity index (χ0) is 20.6. The first-order chi connectivity index (χ1) is 12.3. The van der Waals surface area contributed by atoms with Crippen molar-refractivity contribution in [2.75, 3.05) is 5.73 Å². The number of anilines is 1. The fourth-order valence-corrected chi connectivity index (χ4v) is 4.06. The van der Waals surface area contributed by atoms with Gasteiger partial charge in [-0.15, -0.1) is 0 Å². The van der Waals surface area contributed by atoms with Crippen molar-refractivity contribution in [1.82, 2.24) is 9.55 Å². The minimum Gasteiger partial charge on any atom is -0.386 e. The van der Waals surface area contributed by atoms with Gasteiger partial charge in [-0.2, -0.15) is 4.98 Å². The first kappa shape index (κ1) is 22.0. The summed E-state index contributed by atoms with van der Waals surface area (Å²) in [5.41, 5.74) is 4.55. The molecule has 1 aliphatic heterocycles. The molecule has 2 rings (SSSR count). The first-order valence-corrected chi connectivity index (χ1v) is 10.2. The van der Waals surface area contributed by atoms with Gasteiger partial charge in [0.05, 0.1) is 12.2 Å². The topological polar surface area (TPSA) is 146 Å². The number of nitrogens with zero attached hydrogens (tertiary/aromatic N) is 2. The Morgan fingerprint density at radius 3 is 2.59 bits per heavy atom. The molecule has 1 aromatic rings. The lowest BCUT2D eigenvalue weighted by atomic mass is 9.87. The van der Waals surface area contributed by atoms with Crippen LogP contribution < -0.4 is 11.4 Å². The van der Waals surface area contributed by atoms with Crippen LogP contribution in [0.15, 0.2) is 17.1 Å². The van der Waals surface area contributed by atoms with E-state index in [4.69, 9.17) is 19.5 Å². The normalized spacial score (nSPS) is 28.4. The highest BCUT2D eigenvalue weighted by Gasteiger charge is 2.50. The molecule has 0 aliphatic carbocycles. The van der Waals surface area contributed by atoms with Crippen LogP contribution >= 0.6 is 7.82 Å². The molecule has 10 nitrogen and oxygen atoms in total. The van der Waals surface area contributed by atoms with Crippen molar-refractivity contribution in [3.05, 3.63) is 22.7 Å². The van der Waals surface area contributed by atoms with Gasteiger partial charge in [0, 0.05) is 6.20 Å². The Bertz CT molecular complexity index is 761. The summed E-state index contributed by atoms with van der Waals surface area (Å²) in [5.74, 6) is 0.0352. The monoisotopic (exact) mass is 405 g/mol. The molecule has 1 saturated heterocycles. The second kappa shape index (κ2) is 7.98. The van der Waals surface area contributed by atoms with Crippen molar-refractivity contribution in [1.29, 1.82) is 0 Å². The molecule has 0 spiro atoms. The van der Waals surface area contributed by atoms with E-state index in [0.717, 1.165) is 4.57 Å². The van der Waals surface area contributed by atoms with Crippen LogP contribution in [0.1, 0.15) is 47.3 Å². The molecule has 11 heteroatoms. The average Bonchev–Trinajstić information content (AvgIpc) is 2.72. The second-order valence-corrected chi connectivity index (χ2v) is 9.41. The average molecular weight is 405 g/mol. The van der Waals surface area contributed by atoms with Gasteiger partial charge in [0.15, 0.2) is 6.23 Å². The molecule has 0 radical (unpaired) electrons. The maximum Gasteiger partial charge on any atom is 0.472 e. The molecule has 4 N–H and O–H groups in total. The summed E-state index contributed by atoms with van der Waals surface area (Å²) < 4.78 is 29.3. The molecule has 154 valence electrons. The van der Waals surface area contributed by atoms with Crippen molar-refractivity contribution in [2.24, 2.45) is 5.41 Å². The van der Waals surface area contributed by atoms with Crippen LogP contribution in [0, 0.1) is 5.41 Å². The van der Waals surface area contributed by atoms with E-state index in [9.17, 15) is 19.4 Å². The first-order valence-electron chi connectivity index (χ1n) is 8.67. The second-order valence-electron chi connectivity index (χ2n) is 8.06. The Morgan fingerprint density at radius 2 is 2.07 bits per heavy atom. The Morgan fingerprint density at radius 1 is 1.44 bits per heavy atom. The van der Waals surface area contributed by atoms with Crippen molar-refractivity contribution < 1.29 is 28.3 Å². The van der Waals surface area contributed by atoms with Gasteiger partial charge >= 0.3 is 13.5 Å². The van der Waals surface area contributed by atoms with Gasteiger partial charge < -0.3 is 20.5 Å². The minimum atomic E-state index is -4.44. The molecule has 1 fully saturated rings. The maximum atomic E-state index is 12.2. The molecule has 0 aromatic carbocycles. The highest BCUT2D eigenvalue weighted by atomic mass is 31.2. The lowest BCUT2D eigenvalue weighted by Gasteiger charge is -2.28. The van der Waals surface area contributed by atoms with E-state index in [0.29, 0.717) is 6.42 Å². The lowest BCUT2D eigenvalue weighted by molar-refractivity contribution is -0.0500. The third-order valence-corrected chi connectivity index (χ3v) is 5.05. The zero-order valence-corrected chi connectivity index (χ0v) is 17.0. The smallest absolute Gasteiger partial charge is 0.386 e. The summed E-state index contributed by atoms with van der Waals surface area (Å²) in [5, 5.41) is 10.7. The molecule has 3 unspecified atom stereocenters. The number of ether oxygens (including phenoxy) is 1. The van der Waals surface area contributed by atoms with E-state index in [1.807, 2.05) is 20.8 Å². The fourth-order valence-electron chi connectivity index (χ4n) is 2.91. The summed E-state index contributed by atoms with van der Waals surface area (Å²) in [6.07, 6.45) is -3.25. The number of phosphoric acid groups is 1. The predicted molar refractivity (Wildman–Crippen MR) is 97.8 cm³/mol. The molecule has 1 aromatic heterocycles. The van der Waals surface area contributed by atoms with Crippen LogP contribution in [0.5, 0.6) is 0 Å². The van der Waals surface area contributed by atoms with Crippen molar-refractivity contribution in [3.63, 3.8) is 0 Å².